The van der Waals surface area contributed by atoms with Crippen LogP contribution in [0.2, 0.25) is 0 Å². The molecule has 0 bridgehead atoms. The molecular formula is C18H27NO2. The van der Waals surface area contributed by atoms with Gasteiger partial charge in [0, 0.05) is 0 Å². The van der Waals surface area contributed by atoms with Gasteiger partial charge < -0.3 is 5.11 Å². The van der Waals surface area contributed by atoms with E-state index in [1.165, 1.54) is 31.2 Å². The van der Waals surface area contributed by atoms with Crippen LogP contribution in [0.4, 0.5) is 0 Å². The normalized spacial score (nSPS) is 19.7. The largest absolute Gasteiger partial charge is 0.481 e. The summed E-state index contributed by atoms with van der Waals surface area (Å²) in [6, 6.07) is 8.50. The number of hydrogen-bond donors (Lipinski definition) is 1. The lowest BCUT2D eigenvalue weighted by Crippen LogP contribution is -2.46. The van der Waals surface area contributed by atoms with Crippen LogP contribution < -0.4 is 0 Å². The summed E-state index contributed by atoms with van der Waals surface area (Å²) in [5.41, 5.74) is 2.03. The van der Waals surface area contributed by atoms with Crippen LogP contribution >= 0.6 is 0 Å². The molecule has 1 aliphatic rings. The SMILES string of the molecule is CCc1ccc(C(C)(CC(=O)O)N2CCCCCC2)cc1. The number of nitrogens with zero attached hydrogens (tertiary/aromatic N) is 1. The maximum Gasteiger partial charge on any atom is 0.305 e. The molecule has 21 heavy (non-hydrogen) atoms. The summed E-state index contributed by atoms with van der Waals surface area (Å²) in [5, 5.41) is 9.39. The predicted octanol–water partition coefficient (Wildman–Crippen LogP) is 3.81. The van der Waals surface area contributed by atoms with E-state index < -0.39 is 11.5 Å². The van der Waals surface area contributed by atoms with E-state index in [9.17, 15) is 9.90 Å². The second-order valence-electron chi connectivity index (χ2n) is 6.30. The summed E-state index contributed by atoms with van der Waals surface area (Å²) >= 11 is 0. The minimum absolute atomic E-state index is 0.165. The molecule has 1 aromatic carbocycles. The van der Waals surface area contributed by atoms with Crippen molar-refractivity contribution in [3.8, 4) is 0 Å². The summed E-state index contributed by atoms with van der Waals surface area (Å²) in [7, 11) is 0. The van der Waals surface area contributed by atoms with Crippen molar-refractivity contribution in [3.63, 3.8) is 0 Å². The van der Waals surface area contributed by atoms with Crippen LogP contribution in [-0.2, 0) is 16.8 Å². The Balaban J connectivity index is 2.31. The lowest BCUT2D eigenvalue weighted by Gasteiger charge is -2.40. The van der Waals surface area contributed by atoms with E-state index in [2.05, 4.69) is 43.0 Å². The Morgan fingerprint density at radius 3 is 2.19 bits per heavy atom. The highest BCUT2D eigenvalue weighted by molar-refractivity contribution is 5.69. The highest BCUT2D eigenvalue weighted by atomic mass is 16.4. The molecule has 2 rings (SSSR count). The van der Waals surface area contributed by atoms with Crippen LogP contribution in [0.25, 0.3) is 0 Å². The Morgan fingerprint density at radius 2 is 1.71 bits per heavy atom. The molecule has 116 valence electrons. The molecule has 1 saturated heterocycles. The van der Waals surface area contributed by atoms with Crippen molar-refractivity contribution in [2.75, 3.05) is 13.1 Å². The van der Waals surface area contributed by atoms with Crippen LogP contribution in [0.1, 0.15) is 57.1 Å². The number of rotatable bonds is 5. The van der Waals surface area contributed by atoms with Gasteiger partial charge in [0.25, 0.3) is 0 Å². The van der Waals surface area contributed by atoms with Gasteiger partial charge in [-0.1, -0.05) is 44.0 Å². The van der Waals surface area contributed by atoms with Gasteiger partial charge in [-0.3, -0.25) is 9.69 Å². The molecule has 1 fully saturated rings. The molecule has 0 spiro atoms. The van der Waals surface area contributed by atoms with Gasteiger partial charge in [-0.15, -0.1) is 0 Å². The first-order valence-electron chi connectivity index (χ1n) is 8.12. The van der Waals surface area contributed by atoms with E-state index in [4.69, 9.17) is 0 Å². The van der Waals surface area contributed by atoms with E-state index in [0.29, 0.717) is 0 Å². The van der Waals surface area contributed by atoms with Gasteiger partial charge in [-0.2, -0.15) is 0 Å². The minimum atomic E-state index is -0.721. The van der Waals surface area contributed by atoms with E-state index in [1.807, 2.05) is 0 Å². The Bertz CT molecular complexity index is 461. The van der Waals surface area contributed by atoms with E-state index >= 15 is 0 Å². The molecule has 1 heterocycles. The average molecular weight is 289 g/mol. The molecule has 1 N–H and O–H groups in total. The molecule has 0 saturated carbocycles. The smallest absolute Gasteiger partial charge is 0.305 e. The molecule has 1 aromatic rings. The van der Waals surface area contributed by atoms with Gasteiger partial charge in [-0.05, 0) is 50.4 Å². The van der Waals surface area contributed by atoms with Crippen LogP contribution in [0.3, 0.4) is 0 Å². The van der Waals surface area contributed by atoms with Gasteiger partial charge in [0.15, 0.2) is 0 Å². The molecule has 0 aliphatic carbocycles. The van der Waals surface area contributed by atoms with Crippen LogP contribution in [0, 0.1) is 0 Å². The zero-order chi connectivity index (χ0) is 15.3. The zero-order valence-electron chi connectivity index (χ0n) is 13.3. The predicted molar refractivity (Wildman–Crippen MR) is 85.5 cm³/mol. The fraction of sp³-hybridized carbons (Fsp3) is 0.611. The molecule has 0 radical (unpaired) electrons. The van der Waals surface area contributed by atoms with Crippen molar-refractivity contribution in [1.82, 2.24) is 4.90 Å². The van der Waals surface area contributed by atoms with Gasteiger partial charge in [0.1, 0.15) is 0 Å². The number of likely N-dealkylation sites (tertiary alicyclic amines) is 1. The zero-order valence-corrected chi connectivity index (χ0v) is 13.3. The second-order valence-corrected chi connectivity index (χ2v) is 6.30. The monoisotopic (exact) mass is 289 g/mol. The van der Waals surface area contributed by atoms with Gasteiger partial charge in [-0.25, -0.2) is 0 Å². The summed E-state index contributed by atoms with van der Waals surface area (Å²) in [5.74, 6) is -0.721. The number of aryl methyl sites for hydroxylation is 1. The van der Waals surface area contributed by atoms with E-state index in [0.717, 1.165) is 25.1 Å². The van der Waals surface area contributed by atoms with Gasteiger partial charge >= 0.3 is 5.97 Å². The quantitative estimate of drug-likeness (QED) is 0.896. The highest BCUT2D eigenvalue weighted by Gasteiger charge is 2.36. The Kier molecular flexibility index (Phi) is 5.40. The molecule has 3 heteroatoms. The lowest BCUT2D eigenvalue weighted by atomic mass is 9.85. The van der Waals surface area contributed by atoms with Crippen molar-refractivity contribution in [1.29, 1.82) is 0 Å². The summed E-state index contributed by atoms with van der Waals surface area (Å²) in [6.07, 6.45) is 6.03. The standard InChI is InChI=1S/C18H27NO2/c1-3-15-8-10-16(11-9-15)18(2,14-17(20)21)19-12-6-4-5-7-13-19/h8-11H,3-7,12-14H2,1-2H3,(H,20,21). The molecule has 0 amide bonds. The van der Waals surface area contributed by atoms with Crippen molar-refractivity contribution in [2.45, 2.75) is 57.9 Å². The molecule has 1 atom stereocenters. The first-order valence-corrected chi connectivity index (χ1v) is 8.12. The second kappa shape index (κ2) is 7.08. The van der Waals surface area contributed by atoms with E-state index in [1.54, 1.807) is 0 Å². The minimum Gasteiger partial charge on any atom is -0.481 e. The summed E-state index contributed by atoms with van der Waals surface area (Å²) < 4.78 is 0. The van der Waals surface area contributed by atoms with Crippen LogP contribution in [0.15, 0.2) is 24.3 Å². The number of carboxylic acid groups (broad SMARTS) is 1. The van der Waals surface area contributed by atoms with Gasteiger partial charge in [0.05, 0.1) is 12.0 Å². The topological polar surface area (TPSA) is 40.5 Å². The third-order valence-corrected chi connectivity index (χ3v) is 4.78. The number of carbonyl (C=O) groups is 1. The summed E-state index contributed by atoms with van der Waals surface area (Å²) in [6.45, 7) is 6.23. The first-order chi connectivity index (χ1) is 10.1. The fourth-order valence-corrected chi connectivity index (χ4v) is 3.35. The maximum absolute atomic E-state index is 11.4. The summed E-state index contributed by atoms with van der Waals surface area (Å²) in [4.78, 5) is 13.8. The molecule has 0 aromatic heterocycles. The third kappa shape index (κ3) is 3.85. The van der Waals surface area contributed by atoms with Crippen molar-refractivity contribution in [3.05, 3.63) is 35.4 Å². The number of carboxylic acids is 1. The van der Waals surface area contributed by atoms with Crippen molar-refractivity contribution in [2.24, 2.45) is 0 Å². The Hall–Kier alpha value is -1.35. The Labute approximate surface area is 128 Å². The van der Waals surface area contributed by atoms with Gasteiger partial charge in [0.2, 0.25) is 0 Å². The first kappa shape index (κ1) is 16.0. The molecule has 3 nitrogen and oxygen atoms in total. The van der Waals surface area contributed by atoms with E-state index in [-0.39, 0.29) is 6.42 Å². The van der Waals surface area contributed by atoms with Crippen LogP contribution in [0.5, 0.6) is 0 Å². The lowest BCUT2D eigenvalue weighted by molar-refractivity contribution is -0.140. The Morgan fingerprint density at radius 1 is 1.14 bits per heavy atom. The van der Waals surface area contributed by atoms with Crippen molar-refractivity contribution < 1.29 is 9.90 Å². The van der Waals surface area contributed by atoms with Crippen molar-refractivity contribution >= 4 is 5.97 Å². The fourth-order valence-electron chi connectivity index (χ4n) is 3.35. The third-order valence-electron chi connectivity index (χ3n) is 4.78. The molecule has 1 unspecified atom stereocenters. The molecule has 1 aliphatic heterocycles. The number of benzene rings is 1. The highest BCUT2D eigenvalue weighted by Crippen LogP contribution is 2.34. The number of aliphatic carboxylic acids is 1. The number of hydrogen-bond acceptors (Lipinski definition) is 2. The average Bonchev–Trinajstić information content (AvgIpc) is 2.76. The maximum atomic E-state index is 11.4. The van der Waals surface area contributed by atoms with Crippen LogP contribution in [-0.4, -0.2) is 29.1 Å². The molecular weight excluding hydrogens is 262 g/mol.